The van der Waals surface area contributed by atoms with E-state index in [1.165, 1.54) is 62.4 Å². The number of ether oxygens (including phenoxy) is 2. The maximum atomic E-state index is 14.4. The summed E-state index contributed by atoms with van der Waals surface area (Å²) in [6, 6.07) is 17.5. The average Bonchev–Trinajstić information content (AvgIpc) is 2.96. The number of hydrogen-bond donors (Lipinski definition) is 0. The summed E-state index contributed by atoms with van der Waals surface area (Å²) in [7, 11) is 0.923. The molecule has 224 valence electrons. The number of hydrogen-bond acceptors (Lipinski definition) is 3. The number of rotatable bonds is 19. The van der Waals surface area contributed by atoms with Gasteiger partial charge in [-0.1, -0.05) is 0 Å². The van der Waals surface area contributed by atoms with Crippen LogP contribution in [0.4, 0.5) is 13.2 Å². The van der Waals surface area contributed by atoms with Crippen LogP contribution in [0.1, 0.15) is 83.3 Å². The summed E-state index contributed by atoms with van der Waals surface area (Å²) in [6.07, 6.45) is 4.68. The second kappa shape index (κ2) is 17.4. The van der Waals surface area contributed by atoms with E-state index in [2.05, 4.69) is 45.0 Å². The van der Waals surface area contributed by atoms with E-state index >= 15 is 0 Å². The molecule has 0 aliphatic heterocycles. The van der Waals surface area contributed by atoms with E-state index in [-0.39, 0.29) is 12.2 Å². The molecule has 3 nitrogen and oxygen atoms in total. The third kappa shape index (κ3) is 9.23. The van der Waals surface area contributed by atoms with Crippen molar-refractivity contribution in [3.8, 4) is 0 Å². The Hall–Kier alpha value is -1.54. The van der Waals surface area contributed by atoms with Crippen molar-refractivity contribution >= 4 is 24.3 Å². The summed E-state index contributed by atoms with van der Waals surface area (Å²) in [5.74, 6) is -1.38. The summed E-state index contributed by atoms with van der Waals surface area (Å²) in [6.45, 7) is 6.70. The zero-order valence-corrected chi connectivity index (χ0v) is 27.8. The fourth-order valence-electron chi connectivity index (χ4n) is 6.10. The second-order valence-electron chi connectivity index (χ2n) is 11.1. The Balaban J connectivity index is 2.35. The molecule has 0 N–H and O–H groups in total. The van der Waals surface area contributed by atoms with Crippen molar-refractivity contribution in [1.82, 2.24) is 0 Å². The van der Waals surface area contributed by atoms with Crippen LogP contribution < -0.4 is 0 Å². The summed E-state index contributed by atoms with van der Waals surface area (Å²) in [4.78, 5) is 13.2. The number of benzene rings is 2. The predicted molar refractivity (Wildman–Crippen MR) is 160 cm³/mol. The number of unbranched alkanes of at least 4 members (excludes halogenated alkanes) is 3. The molecule has 2 rings (SSSR count). The number of carbonyl (C=O) groups excluding carboxylic acids is 1. The molecule has 0 spiro atoms. The molecule has 0 aromatic heterocycles. The van der Waals surface area contributed by atoms with Crippen LogP contribution in [0, 0.1) is 0 Å². The molecular weight excluding hydrogens is 620 g/mol. The normalized spacial score (nSPS) is 14.5. The van der Waals surface area contributed by atoms with E-state index in [1.807, 2.05) is 6.07 Å². The van der Waals surface area contributed by atoms with Crippen molar-refractivity contribution in [2.24, 2.45) is 0 Å². The van der Waals surface area contributed by atoms with Gasteiger partial charge in [-0.25, -0.2) is 0 Å². The first-order chi connectivity index (χ1) is 19.2. The first-order valence-electron chi connectivity index (χ1n) is 15.1. The van der Waals surface area contributed by atoms with Crippen LogP contribution in [0.2, 0.25) is 17.2 Å². The number of halogens is 3. The molecule has 2 atom stereocenters. The summed E-state index contributed by atoms with van der Waals surface area (Å²) >= 11 is -2.78. The SMILES string of the molecule is CCC[CH2][Sn]([CH2]CCC)([CH2]CCC)[C@@H](CCOC(=O)[C@@](OC)(c1ccccc1)C(F)(F)F)CCc1ccccc1. The predicted octanol–water partition coefficient (Wildman–Crippen LogP) is 9.88. The molecule has 0 bridgehead atoms. The average molecular weight is 669 g/mol. The Morgan fingerprint density at radius 3 is 1.75 bits per heavy atom. The molecule has 0 saturated carbocycles. The van der Waals surface area contributed by atoms with Crippen LogP contribution in [0.5, 0.6) is 0 Å². The van der Waals surface area contributed by atoms with E-state index in [1.54, 1.807) is 6.07 Å². The van der Waals surface area contributed by atoms with Gasteiger partial charge in [-0.15, -0.1) is 0 Å². The van der Waals surface area contributed by atoms with E-state index in [0.29, 0.717) is 10.4 Å². The molecule has 0 amide bonds. The molecule has 2 aromatic rings. The number of aryl methyl sites for hydroxylation is 1. The summed E-state index contributed by atoms with van der Waals surface area (Å²) in [5, 5.41) is 0. The fourth-order valence-corrected chi connectivity index (χ4v) is 25.0. The van der Waals surface area contributed by atoms with Gasteiger partial charge in [0.25, 0.3) is 0 Å². The molecule has 0 aliphatic carbocycles. The van der Waals surface area contributed by atoms with Gasteiger partial charge in [-0.05, 0) is 0 Å². The van der Waals surface area contributed by atoms with Crippen LogP contribution in [-0.2, 0) is 26.3 Å². The van der Waals surface area contributed by atoms with Crippen LogP contribution in [0.15, 0.2) is 60.7 Å². The van der Waals surface area contributed by atoms with Crippen LogP contribution in [0.3, 0.4) is 0 Å². The van der Waals surface area contributed by atoms with E-state index in [9.17, 15) is 18.0 Å². The van der Waals surface area contributed by atoms with E-state index in [4.69, 9.17) is 9.47 Å². The van der Waals surface area contributed by atoms with Gasteiger partial charge in [0.05, 0.1) is 0 Å². The molecule has 0 radical (unpaired) electrons. The van der Waals surface area contributed by atoms with Crippen molar-refractivity contribution in [2.45, 2.75) is 108 Å². The quantitative estimate of drug-likeness (QED) is 0.110. The molecule has 7 heteroatoms. The molecule has 2 aromatic carbocycles. The standard InChI is InChI=1S/C21H22F3O3.3C4H9.Sn/c1-26-20(21(22,23)24,18-14-8-3-9-15-18)19(25)27-16-10-4-7-13-17-11-5-2-6-12-17;3*1-3-4-2;/h2-6,8-9,11-12,14-15H,7,10,13,16H2,1H3;3*1,3-4H2,2H3;/t20-;;;;/m0..../s1. The van der Waals surface area contributed by atoms with Crippen molar-refractivity contribution in [3.63, 3.8) is 0 Å². The second-order valence-corrected chi connectivity index (χ2v) is 25.5. The van der Waals surface area contributed by atoms with Gasteiger partial charge >= 0.3 is 245 Å². The van der Waals surface area contributed by atoms with Crippen LogP contribution >= 0.6 is 0 Å². The first-order valence-corrected chi connectivity index (χ1v) is 22.8. The molecule has 40 heavy (non-hydrogen) atoms. The van der Waals surface area contributed by atoms with Crippen LogP contribution in [-0.4, -0.2) is 44.2 Å². The molecule has 0 heterocycles. The number of carbonyl (C=O) groups is 1. The summed E-state index contributed by atoms with van der Waals surface area (Å²) < 4.78 is 58.0. The number of alkyl halides is 3. The zero-order valence-electron chi connectivity index (χ0n) is 24.9. The number of esters is 1. The fraction of sp³-hybridized carbons (Fsp3) is 0.606. The Labute approximate surface area is 244 Å². The van der Waals surface area contributed by atoms with Crippen molar-refractivity contribution in [1.29, 1.82) is 0 Å². The molecule has 0 aliphatic rings. The van der Waals surface area contributed by atoms with Gasteiger partial charge in [0.2, 0.25) is 0 Å². The van der Waals surface area contributed by atoms with Gasteiger partial charge in [-0.3, -0.25) is 0 Å². The Morgan fingerprint density at radius 1 is 0.800 bits per heavy atom. The molecule has 0 saturated heterocycles. The maximum absolute atomic E-state index is 14.4. The van der Waals surface area contributed by atoms with E-state index < -0.39 is 36.1 Å². The van der Waals surface area contributed by atoms with Gasteiger partial charge in [0.15, 0.2) is 0 Å². The Bertz CT molecular complexity index is 946. The summed E-state index contributed by atoms with van der Waals surface area (Å²) in [5.41, 5.74) is -2.12. The zero-order chi connectivity index (χ0) is 29.5. The van der Waals surface area contributed by atoms with Gasteiger partial charge < -0.3 is 0 Å². The minimum absolute atomic E-state index is 0.0185. The van der Waals surface area contributed by atoms with Gasteiger partial charge in [0, 0.05) is 0 Å². The monoisotopic (exact) mass is 670 g/mol. The van der Waals surface area contributed by atoms with Gasteiger partial charge in [-0.2, -0.15) is 0 Å². The molecular formula is C33H49F3O3Sn. The Kier molecular flexibility index (Phi) is 15.1. The minimum atomic E-state index is -4.96. The number of methoxy groups -OCH3 is 1. The molecule has 0 unspecified atom stereocenters. The Morgan fingerprint density at radius 2 is 1.30 bits per heavy atom. The third-order valence-electron chi connectivity index (χ3n) is 8.45. The molecule has 0 fully saturated rings. The first kappa shape index (κ1) is 34.7. The van der Waals surface area contributed by atoms with E-state index in [0.717, 1.165) is 39.2 Å². The van der Waals surface area contributed by atoms with Crippen molar-refractivity contribution in [3.05, 3.63) is 71.8 Å². The van der Waals surface area contributed by atoms with Crippen molar-refractivity contribution < 1.29 is 27.4 Å². The third-order valence-corrected chi connectivity index (χ3v) is 26.6. The topological polar surface area (TPSA) is 35.5 Å². The van der Waals surface area contributed by atoms with Gasteiger partial charge in [0.1, 0.15) is 0 Å². The van der Waals surface area contributed by atoms with Crippen LogP contribution in [0.25, 0.3) is 0 Å². The van der Waals surface area contributed by atoms with Crippen molar-refractivity contribution in [2.75, 3.05) is 13.7 Å².